The summed E-state index contributed by atoms with van der Waals surface area (Å²) in [5, 5.41) is 0. The lowest BCUT2D eigenvalue weighted by Crippen LogP contribution is -2.52. The second kappa shape index (κ2) is 22.1. The van der Waals surface area contributed by atoms with E-state index in [4.69, 9.17) is 10.5 Å². The lowest BCUT2D eigenvalue weighted by atomic mass is 10.00. The number of anilines is 1. The van der Waals surface area contributed by atoms with Gasteiger partial charge in [0, 0.05) is 76.4 Å². The van der Waals surface area contributed by atoms with Crippen LogP contribution in [0.1, 0.15) is 69.4 Å². The Kier molecular flexibility index (Phi) is 18.7. The van der Waals surface area contributed by atoms with Gasteiger partial charge < -0.3 is 25.2 Å². The van der Waals surface area contributed by atoms with Gasteiger partial charge in [-0.3, -0.25) is 14.3 Å². The van der Waals surface area contributed by atoms with E-state index in [1.54, 1.807) is 23.0 Å². The summed E-state index contributed by atoms with van der Waals surface area (Å²) in [6.45, 7) is 11.9. The number of likely N-dealkylation sites (N-methyl/N-ethyl adjacent to an activating group) is 1. The number of nitrogens with two attached hydrogens (primary N) is 1. The number of hydrogen-bond donors (Lipinski definition) is 2. The molecule has 0 atom stereocenters. The number of benzene rings is 1. The molecule has 11 nitrogen and oxygen atoms in total. The van der Waals surface area contributed by atoms with Crippen LogP contribution in [0, 0.1) is 0 Å². The van der Waals surface area contributed by atoms with Crippen LogP contribution in [0.5, 0.6) is 0 Å². The van der Waals surface area contributed by atoms with E-state index in [1.807, 2.05) is 54.5 Å². The maximum absolute atomic E-state index is 14.1. The molecule has 3 N–H and O–H groups in total. The highest BCUT2D eigenvalue weighted by molar-refractivity contribution is 7.87. The molecule has 0 spiro atoms. The zero-order valence-corrected chi connectivity index (χ0v) is 31.8. The predicted molar refractivity (Wildman–Crippen MR) is 206 cm³/mol. The van der Waals surface area contributed by atoms with Crippen molar-refractivity contribution in [2.45, 2.75) is 64.7 Å². The molecule has 1 aromatic rings. The molecule has 2 amide bonds. The summed E-state index contributed by atoms with van der Waals surface area (Å²) in [6.07, 6.45) is 18.5. The van der Waals surface area contributed by atoms with Crippen molar-refractivity contribution in [1.82, 2.24) is 18.8 Å². The molecule has 0 saturated carbocycles. The second-order valence-electron chi connectivity index (χ2n) is 12.7. The molecule has 0 bridgehead atoms. The second-order valence-corrected chi connectivity index (χ2v) is 14.5. The smallest absolute Gasteiger partial charge is 0.301 e. The zero-order valence-electron chi connectivity index (χ0n) is 31.0. The van der Waals surface area contributed by atoms with Crippen molar-refractivity contribution in [2.24, 2.45) is 5.73 Å². The molecule has 0 aromatic heterocycles. The summed E-state index contributed by atoms with van der Waals surface area (Å²) < 4.78 is 34.3. The van der Waals surface area contributed by atoms with Crippen LogP contribution in [0.15, 0.2) is 73.1 Å². The third-order valence-electron chi connectivity index (χ3n) is 8.66. The molecular weight excluding hydrogens is 653 g/mol. The van der Waals surface area contributed by atoms with Gasteiger partial charge in [-0.15, -0.1) is 6.58 Å². The molecule has 1 aromatic carbocycles. The number of rotatable bonds is 22. The minimum atomic E-state index is -3.74. The number of aryl methyl sites for hydroxylation is 1. The van der Waals surface area contributed by atoms with Crippen LogP contribution in [0.4, 0.5) is 5.69 Å². The minimum Gasteiger partial charge on any atom is -0.497 e. The van der Waals surface area contributed by atoms with Crippen molar-refractivity contribution in [3.8, 4) is 0 Å². The summed E-state index contributed by atoms with van der Waals surface area (Å²) in [7, 11) is 2.74. The number of carbonyl (C=O) groups excluding carboxylic acids is 2. The molecule has 0 aliphatic carbocycles. The first-order chi connectivity index (χ1) is 23.9. The van der Waals surface area contributed by atoms with Crippen molar-refractivity contribution in [3.63, 3.8) is 0 Å². The molecule has 2 rings (SSSR count). The standard InChI is InChI=1S/C38H60N6O5S/c1-8-10-12-13-14-16-18-32-22-23-33(31(3)40-50(47,48)41(4)5)28-36(32)42(6)30-34(19-17-21-35(49-7)20-15-11-9-2)38(46)44-26-24-43(25-27-44)37(45)29-39/h9,15,19-23,28,40H,2-3,8,10-14,16-18,24-27,29-30,39H2,1,4-7H3/b20-15-,34-19+,35-21+. The molecule has 1 aliphatic rings. The number of methoxy groups -OCH3 is 1. The molecule has 0 unspecified atom stereocenters. The largest absolute Gasteiger partial charge is 0.497 e. The minimum absolute atomic E-state index is 0.0531. The van der Waals surface area contributed by atoms with Crippen molar-refractivity contribution in [2.75, 3.05) is 72.4 Å². The van der Waals surface area contributed by atoms with Gasteiger partial charge in [0.05, 0.1) is 13.7 Å². The van der Waals surface area contributed by atoms with Gasteiger partial charge in [0.15, 0.2) is 0 Å². The summed E-state index contributed by atoms with van der Waals surface area (Å²) in [5.74, 6) is 0.467. The van der Waals surface area contributed by atoms with E-state index in [9.17, 15) is 18.0 Å². The van der Waals surface area contributed by atoms with Gasteiger partial charge in [0.1, 0.15) is 5.76 Å². The Morgan fingerprint density at radius 3 is 2.28 bits per heavy atom. The fourth-order valence-electron chi connectivity index (χ4n) is 5.59. The lowest BCUT2D eigenvalue weighted by molar-refractivity contribution is -0.136. The Balaban J connectivity index is 2.45. The van der Waals surface area contributed by atoms with Crippen LogP contribution in [0.2, 0.25) is 0 Å². The Morgan fingerprint density at radius 2 is 1.66 bits per heavy atom. The first-order valence-corrected chi connectivity index (χ1v) is 19.0. The lowest BCUT2D eigenvalue weighted by Gasteiger charge is -2.35. The van der Waals surface area contributed by atoms with E-state index < -0.39 is 10.2 Å². The van der Waals surface area contributed by atoms with E-state index in [0.29, 0.717) is 62.5 Å². The van der Waals surface area contributed by atoms with Gasteiger partial charge in [-0.2, -0.15) is 12.7 Å². The maximum atomic E-state index is 14.1. The Bertz CT molecular complexity index is 1480. The molecule has 12 heteroatoms. The number of ether oxygens (including phenoxy) is 1. The molecular formula is C38H60N6O5S. The van der Waals surface area contributed by atoms with Gasteiger partial charge in [-0.1, -0.05) is 76.0 Å². The highest BCUT2D eigenvalue weighted by Gasteiger charge is 2.26. The van der Waals surface area contributed by atoms with Crippen molar-refractivity contribution < 1.29 is 22.7 Å². The van der Waals surface area contributed by atoms with Gasteiger partial charge in [0.25, 0.3) is 5.91 Å². The quantitative estimate of drug-likeness (QED) is 0.0570. The number of allylic oxidation sites excluding steroid dienone is 5. The number of hydrogen-bond acceptors (Lipinski definition) is 7. The van der Waals surface area contributed by atoms with Gasteiger partial charge in [-0.25, -0.2) is 0 Å². The van der Waals surface area contributed by atoms with Crippen LogP contribution in [-0.2, 0) is 31.0 Å². The molecule has 1 fully saturated rings. The summed E-state index contributed by atoms with van der Waals surface area (Å²) in [4.78, 5) is 31.8. The number of piperazine rings is 1. The maximum Gasteiger partial charge on any atom is 0.301 e. The first kappa shape index (κ1) is 42.3. The fourth-order valence-corrected chi connectivity index (χ4v) is 6.20. The predicted octanol–water partition coefficient (Wildman–Crippen LogP) is 5.00. The van der Waals surface area contributed by atoms with Crippen molar-refractivity contribution >= 4 is 33.4 Å². The van der Waals surface area contributed by atoms with E-state index in [1.165, 1.54) is 39.8 Å². The number of nitrogens with one attached hydrogen (secondary N) is 1. The summed E-state index contributed by atoms with van der Waals surface area (Å²) in [6, 6.07) is 5.87. The number of amides is 2. The molecule has 1 heterocycles. The van der Waals surface area contributed by atoms with Crippen molar-refractivity contribution in [1.29, 1.82) is 0 Å². The third-order valence-corrected chi connectivity index (χ3v) is 10.1. The van der Waals surface area contributed by atoms with Crippen LogP contribution < -0.4 is 15.4 Å². The van der Waals surface area contributed by atoms with E-state index in [2.05, 4.69) is 24.8 Å². The average Bonchev–Trinajstić information content (AvgIpc) is 3.11. The van der Waals surface area contributed by atoms with Crippen LogP contribution in [0.25, 0.3) is 5.70 Å². The van der Waals surface area contributed by atoms with Gasteiger partial charge >= 0.3 is 10.2 Å². The van der Waals surface area contributed by atoms with Crippen molar-refractivity contribution in [3.05, 3.63) is 84.2 Å². The third kappa shape index (κ3) is 13.8. The van der Waals surface area contributed by atoms with E-state index in [-0.39, 0.29) is 24.1 Å². The first-order valence-electron chi connectivity index (χ1n) is 17.6. The van der Waals surface area contributed by atoms with Crippen LogP contribution >= 0.6 is 0 Å². The Hall–Kier alpha value is -3.87. The summed E-state index contributed by atoms with van der Waals surface area (Å²) in [5.41, 5.74) is 9.10. The average molecular weight is 713 g/mol. The highest BCUT2D eigenvalue weighted by Crippen LogP contribution is 2.28. The molecule has 0 radical (unpaired) electrons. The van der Waals surface area contributed by atoms with E-state index in [0.717, 1.165) is 34.8 Å². The monoisotopic (exact) mass is 712 g/mol. The molecule has 50 heavy (non-hydrogen) atoms. The molecule has 1 saturated heterocycles. The SMILES string of the molecule is C=CC/C=C\C(=C/C/C=C(\CN(C)c1cc(C(=C)NS(=O)(=O)N(C)C)ccc1CCCCCCCC)C(=O)N1CCN(C(=O)CN)CC1)OC. The molecule has 278 valence electrons. The number of carbonyl (C=O) groups is 2. The number of nitrogens with zero attached hydrogens (tertiary/aromatic N) is 4. The van der Waals surface area contributed by atoms with Gasteiger partial charge in [-0.05, 0) is 49.5 Å². The van der Waals surface area contributed by atoms with Gasteiger partial charge in [0.2, 0.25) is 5.91 Å². The Labute approximate surface area is 301 Å². The highest BCUT2D eigenvalue weighted by atomic mass is 32.2. The topological polar surface area (TPSA) is 129 Å². The van der Waals surface area contributed by atoms with E-state index >= 15 is 0 Å². The summed E-state index contributed by atoms with van der Waals surface area (Å²) >= 11 is 0. The zero-order chi connectivity index (χ0) is 37.1. The number of unbranched alkanes of at least 4 members (excludes halogenated alkanes) is 5. The van der Waals surface area contributed by atoms with Crippen LogP contribution in [0.3, 0.4) is 0 Å². The van der Waals surface area contributed by atoms with Crippen LogP contribution in [-0.4, -0.2) is 102 Å². The normalized spacial score (nSPS) is 14.3. The molecule has 1 aliphatic heterocycles. The Morgan fingerprint density at radius 1 is 1.00 bits per heavy atom. The fraction of sp³-hybridized carbons (Fsp3) is 0.526.